The third kappa shape index (κ3) is 2.59. The SMILES string of the molecule is CN1CCN(C(=O)c2cccc3nccnc23)C(CN)C1. The molecule has 0 spiro atoms. The molecule has 1 aromatic carbocycles. The number of likely N-dealkylation sites (N-methyl/N-ethyl adjacent to an activating group) is 1. The van der Waals surface area contributed by atoms with Crippen LogP contribution in [0.1, 0.15) is 10.4 Å². The van der Waals surface area contributed by atoms with Crippen molar-refractivity contribution in [3.63, 3.8) is 0 Å². The summed E-state index contributed by atoms with van der Waals surface area (Å²) < 4.78 is 0. The molecule has 1 saturated heterocycles. The summed E-state index contributed by atoms with van der Waals surface area (Å²) in [5.41, 5.74) is 7.83. The Hall–Kier alpha value is -2.05. The molecule has 2 aromatic rings. The minimum Gasteiger partial charge on any atom is -0.332 e. The van der Waals surface area contributed by atoms with E-state index in [4.69, 9.17) is 5.73 Å². The number of nitrogens with two attached hydrogens (primary N) is 1. The summed E-state index contributed by atoms with van der Waals surface area (Å²) in [7, 11) is 2.05. The Bertz CT molecular complexity index is 654. The van der Waals surface area contributed by atoms with Crippen molar-refractivity contribution in [1.29, 1.82) is 0 Å². The van der Waals surface area contributed by atoms with Crippen LogP contribution >= 0.6 is 0 Å². The quantitative estimate of drug-likeness (QED) is 0.861. The van der Waals surface area contributed by atoms with Crippen molar-refractivity contribution in [2.45, 2.75) is 6.04 Å². The number of piperazine rings is 1. The Morgan fingerprint density at radius 1 is 1.33 bits per heavy atom. The van der Waals surface area contributed by atoms with Gasteiger partial charge in [0, 0.05) is 38.6 Å². The second-order valence-corrected chi connectivity index (χ2v) is 5.38. The second kappa shape index (κ2) is 5.75. The first-order chi connectivity index (χ1) is 10.2. The van der Waals surface area contributed by atoms with E-state index in [9.17, 15) is 4.79 Å². The molecule has 1 aromatic heterocycles. The van der Waals surface area contributed by atoms with Gasteiger partial charge in [-0.15, -0.1) is 0 Å². The summed E-state index contributed by atoms with van der Waals surface area (Å²) in [5, 5.41) is 0. The molecular formula is C15H19N5O. The first-order valence-electron chi connectivity index (χ1n) is 7.10. The van der Waals surface area contributed by atoms with E-state index < -0.39 is 0 Å². The van der Waals surface area contributed by atoms with Gasteiger partial charge in [-0.05, 0) is 19.2 Å². The van der Waals surface area contributed by atoms with E-state index in [0.29, 0.717) is 24.2 Å². The minimum atomic E-state index is -0.00958. The Morgan fingerprint density at radius 2 is 2.14 bits per heavy atom. The molecule has 0 saturated carbocycles. The van der Waals surface area contributed by atoms with Crippen molar-refractivity contribution in [3.05, 3.63) is 36.2 Å². The normalized spacial score (nSPS) is 19.9. The maximum atomic E-state index is 12.9. The lowest BCUT2D eigenvalue weighted by molar-refractivity contribution is 0.0517. The van der Waals surface area contributed by atoms with E-state index in [1.54, 1.807) is 12.4 Å². The zero-order valence-corrected chi connectivity index (χ0v) is 12.1. The van der Waals surface area contributed by atoms with Crippen LogP contribution in [0.25, 0.3) is 11.0 Å². The third-order valence-electron chi connectivity index (χ3n) is 3.95. The molecule has 0 bridgehead atoms. The van der Waals surface area contributed by atoms with Crippen LogP contribution in [0.5, 0.6) is 0 Å². The lowest BCUT2D eigenvalue weighted by Crippen LogP contribution is -2.56. The number of amides is 1. The number of nitrogens with zero attached hydrogens (tertiary/aromatic N) is 4. The van der Waals surface area contributed by atoms with E-state index >= 15 is 0 Å². The number of aromatic nitrogens is 2. The van der Waals surface area contributed by atoms with E-state index in [1.165, 1.54) is 0 Å². The molecule has 2 heterocycles. The molecule has 1 amide bonds. The van der Waals surface area contributed by atoms with Gasteiger partial charge in [0.05, 0.1) is 17.1 Å². The molecule has 1 aliphatic rings. The summed E-state index contributed by atoms with van der Waals surface area (Å²) in [6, 6.07) is 5.56. The van der Waals surface area contributed by atoms with Crippen molar-refractivity contribution in [3.8, 4) is 0 Å². The van der Waals surface area contributed by atoms with E-state index in [-0.39, 0.29) is 11.9 Å². The smallest absolute Gasteiger partial charge is 0.256 e. The van der Waals surface area contributed by atoms with Crippen LogP contribution in [-0.4, -0.2) is 64.9 Å². The van der Waals surface area contributed by atoms with Gasteiger partial charge in [-0.2, -0.15) is 0 Å². The fourth-order valence-electron chi connectivity index (χ4n) is 2.80. The van der Waals surface area contributed by atoms with Crippen LogP contribution in [0.3, 0.4) is 0 Å². The van der Waals surface area contributed by atoms with Crippen molar-refractivity contribution in [2.75, 3.05) is 33.2 Å². The van der Waals surface area contributed by atoms with E-state index in [0.717, 1.165) is 18.6 Å². The molecule has 1 fully saturated rings. The van der Waals surface area contributed by atoms with Crippen LogP contribution in [0.2, 0.25) is 0 Å². The second-order valence-electron chi connectivity index (χ2n) is 5.38. The summed E-state index contributed by atoms with van der Waals surface area (Å²) in [6.45, 7) is 2.82. The molecule has 110 valence electrons. The Balaban J connectivity index is 1.96. The molecule has 21 heavy (non-hydrogen) atoms. The van der Waals surface area contributed by atoms with Crippen LogP contribution < -0.4 is 5.73 Å². The summed E-state index contributed by atoms with van der Waals surface area (Å²) >= 11 is 0. The van der Waals surface area contributed by atoms with Gasteiger partial charge in [0.25, 0.3) is 5.91 Å². The van der Waals surface area contributed by atoms with Gasteiger partial charge in [0.2, 0.25) is 0 Å². The van der Waals surface area contributed by atoms with E-state index in [2.05, 4.69) is 14.9 Å². The number of carbonyl (C=O) groups excluding carboxylic acids is 1. The number of carbonyl (C=O) groups is 1. The van der Waals surface area contributed by atoms with Gasteiger partial charge in [0.15, 0.2) is 0 Å². The average molecular weight is 285 g/mol. The van der Waals surface area contributed by atoms with Gasteiger partial charge in [-0.25, -0.2) is 0 Å². The summed E-state index contributed by atoms with van der Waals surface area (Å²) in [4.78, 5) is 25.5. The minimum absolute atomic E-state index is 0.00958. The van der Waals surface area contributed by atoms with Crippen molar-refractivity contribution >= 4 is 16.9 Å². The van der Waals surface area contributed by atoms with Crippen LogP contribution in [0.4, 0.5) is 0 Å². The zero-order valence-electron chi connectivity index (χ0n) is 12.1. The fraction of sp³-hybridized carbons (Fsp3) is 0.400. The van der Waals surface area contributed by atoms with Crippen LogP contribution in [0, 0.1) is 0 Å². The maximum Gasteiger partial charge on any atom is 0.256 e. The van der Waals surface area contributed by atoms with Gasteiger partial charge in [0.1, 0.15) is 5.52 Å². The number of fused-ring (bicyclic) bond motifs is 1. The van der Waals surface area contributed by atoms with Gasteiger partial charge in [-0.3, -0.25) is 14.8 Å². The highest BCUT2D eigenvalue weighted by atomic mass is 16.2. The molecule has 1 aliphatic heterocycles. The maximum absolute atomic E-state index is 12.9. The molecule has 2 N–H and O–H groups in total. The number of para-hydroxylation sites is 1. The first kappa shape index (κ1) is 13.9. The Labute approximate surface area is 123 Å². The first-order valence-corrected chi connectivity index (χ1v) is 7.10. The molecule has 6 nitrogen and oxygen atoms in total. The standard InChI is InChI=1S/C15H19N5O/c1-19-7-8-20(11(9-16)10-19)15(21)12-3-2-4-13-14(12)18-6-5-17-13/h2-6,11H,7-10,16H2,1H3. The predicted molar refractivity (Wildman–Crippen MR) is 80.9 cm³/mol. The van der Waals surface area contributed by atoms with Crippen LogP contribution in [0.15, 0.2) is 30.6 Å². The Kier molecular flexibility index (Phi) is 3.81. The van der Waals surface area contributed by atoms with Gasteiger partial charge < -0.3 is 15.5 Å². The summed E-state index contributed by atoms with van der Waals surface area (Å²) in [6.07, 6.45) is 3.25. The topological polar surface area (TPSA) is 75.3 Å². The lowest BCUT2D eigenvalue weighted by Gasteiger charge is -2.39. The summed E-state index contributed by atoms with van der Waals surface area (Å²) in [5.74, 6) is -0.00958. The molecule has 6 heteroatoms. The molecule has 0 aliphatic carbocycles. The predicted octanol–water partition coefficient (Wildman–Crippen LogP) is 0.345. The molecule has 0 radical (unpaired) electrons. The number of hydrogen-bond donors (Lipinski definition) is 1. The molecular weight excluding hydrogens is 266 g/mol. The third-order valence-corrected chi connectivity index (χ3v) is 3.95. The van der Waals surface area contributed by atoms with Crippen molar-refractivity contribution in [2.24, 2.45) is 5.73 Å². The van der Waals surface area contributed by atoms with E-state index in [1.807, 2.05) is 30.1 Å². The zero-order chi connectivity index (χ0) is 14.8. The number of rotatable bonds is 2. The number of hydrogen-bond acceptors (Lipinski definition) is 5. The van der Waals surface area contributed by atoms with Gasteiger partial charge in [-0.1, -0.05) is 6.07 Å². The highest BCUT2D eigenvalue weighted by Gasteiger charge is 2.29. The average Bonchev–Trinajstić information content (AvgIpc) is 2.53. The highest BCUT2D eigenvalue weighted by Crippen LogP contribution is 2.18. The largest absolute Gasteiger partial charge is 0.332 e. The molecule has 3 rings (SSSR count). The number of benzene rings is 1. The molecule has 1 atom stereocenters. The molecule has 1 unspecified atom stereocenters. The van der Waals surface area contributed by atoms with Crippen molar-refractivity contribution in [1.82, 2.24) is 19.8 Å². The fourth-order valence-corrected chi connectivity index (χ4v) is 2.80. The monoisotopic (exact) mass is 285 g/mol. The van der Waals surface area contributed by atoms with Crippen molar-refractivity contribution < 1.29 is 4.79 Å². The van der Waals surface area contributed by atoms with Crippen LogP contribution in [-0.2, 0) is 0 Å². The lowest BCUT2D eigenvalue weighted by atomic mass is 10.1. The highest BCUT2D eigenvalue weighted by molar-refractivity contribution is 6.04. The Morgan fingerprint density at radius 3 is 2.95 bits per heavy atom. The van der Waals surface area contributed by atoms with Gasteiger partial charge >= 0.3 is 0 Å².